The highest BCUT2D eigenvalue weighted by Gasteiger charge is 2.16. The minimum absolute atomic E-state index is 0.254. The maximum Gasteiger partial charge on any atom is 0.241 e. The average Bonchev–Trinajstić information content (AvgIpc) is 2.34. The van der Waals surface area contributed by atoms with Gasteiger partial charge in [-0.3, -0.25) is 0 Å². The van der Waals surface area contributed by atoms with Gasteiger partial charge in [0, 0.05) is 17.6 Å². The molecule has 0 heterocycles. The van der Waals surface area contributed by atoms with Crippen molar-refractivity contribution in [2.45, 2.75) is 17.9 Å². The molecule has 0 spiro atoms. The Morgan fingerprint density at radius 2 is 2.17 bits per heavy atom. The summed E-state index contributed by atoms with van der Waals surface area (Å²) in [6, 6.07) is 5.03. The van der Waals surface area contributed by atoms with E-state index in [1.165, 1.54) is 0 Å². The molecule has 0 saturated heterocycles. The first-order valence-corrected chi connectivity index (χ1v) is 9.15. The summed E-state index contributed by atoms with van der Waals surface area (Å²) in [4.78, 5) is 0.254. The zero-order valence-corrected chi connectivity index (χ0v) is 13.4. The van der Waals surface area contributed by atoms with Crippen molar-refractivity contribution in [3.8, 4) is 0 Å². The number of benzene rings is 1. The number of nitrogens with one attached hydrogen (secondary N) is 1. The lowest BCUT2D eigenvalue weighted by atomic mass is 10.2. The Morgan fingerprint density at radius 1 is 1.44 bits per heavy atom. The van der Waals surface area contributed by atoms with Crippen LogP contribution in [0.25, 0.3) is 0 Å². The van der Waals surface area contributed by atoms with Gasteiger partial charge in [0.05, 0.1) is 4.90 Å². The number of nitrogens with two attached hydrogens (primary N) is 1. The second-order valence-electron chi connectivity index (χ2n) is 3.71. The van der Waals surface area contributed by atoms with Crippen molar-refractivity contribution >= 4 is 37.7 Å². The summed E-state index contributed by atoms with van der Waals surface area (Å²) in [6.45, 7) is 0.842. The van der Waals surface area contributed by atoms with E-state index in [0.717, 1.165) is 17.7 Å². The van der Waals surface area contributed by atoms with Crippen molar-refractivity contribution in [1.82, 2.24) is 4.72 Å². The van der Waals surface area contributed by atoms with Crippen LogP contribution in [0, 0.1) is 0 Å². The van der Waals surface area contributed by atoms with Crippen LogP contribution in [-0.4, -0.2) is 27.0 Å². The van der Waals surface area contributed by atoms with Gasteiger partial charge in [-0.25, -0.2) is 13.1 Å². The molecular formula is C11H17BrN2O2S2. The van der Waals surface area contributed by atoms with E-state index < -0.39 is 10.0 Å². The molecule has 0 atom stereocenters. The molecule has 0 aliphatic carbocycles. The fraction of sp³-hybridized carbons (Fsp3) is 0.455. The molecule has 0 aliphatic rings. The smallest absolute Gasteiger partial charge is 0.241 e. The second kappa shape index (κ2) is 7.49. The Morgan fingerprint density at radius 3 is 2.72 bits per heavy atom. The minimum Gasteiger partial charge on any atom is -0.326 e. The van der Waals surface area contributed by atoms with Crippen LogP contribution in [0.1, 0.15) is 12.0 Å². The lowest BCUT2D eigenvalue weighted by Crippen LogP contribution is -2.25. The predicted octanol–water partition coefficient (Wildman–Crippen LogP) is 1.94. The van der Waals surface area contributed by atoms with Crippen molar-refractivity contribution in [2.24, 2.45) is 5.73 Å². The Labute approximate surface area is 121 Å². The van der Waals surface area contributed by atoms with E-state index in [0.29, 0.717) is 17.6 Å². The van der Waals surface area contributed by atoms with Crippen LogP contribution in [0.5, 0.6) is 0 Å². The summed E-state index contributed by atoms with van der Waals surface area (Å²) >= 11 is 4.97. The molecule has 3 N–H and O–H groups in total. The van der Waals surface area contributed by atoms with E-state index in [1.54, 1.807) is 30.0 Å². The van der Waals surface area contributed by atoms with Crippen LogP contribution in [-0.2, 0) is 16.6 Å². The summed E-state index contributed by atoms with van der Waals surface area (Å²) < 4.78 is 27.2. The topological polar surface area (TPSA) is 72.2 Å². The van der Waals surface area contributed by atoms with E-state index in [2.05, 4.69) is 20.7 Å². The van der Waals surface area contributed by atoms with Gasteiger partial charge >= 0.3 is 0 Å². The van der Waals surface area contributed by atoms with E-state index in [9.17, 15) is 8.42 Å². The molecule has 0 bridgehead atoms. The highest BCUT2D eigenvalue weighted by Crippen LogP contribution is 2.23. The summed E-state index contributed by atoms with van der Waals surface area (Å²) in [5.41, 5.74) is 6.40. The number of rotatable bonds is 7. The van der Waals surface area contributed by atoms with Gasteiger partial charge in [-0.1, -0.05) is 6.07 Å². The average molecular weight is 353 g/mol. The number of sulfonamides is 1. The number of halogens is 1. The van der Waals surface area contributed by atoms with Crippen LogP contribution in [0.2, 0.25) is 0 Å². The van der Waals surface area contributed by atoms with Gasteiger partial charge < -0.3 is 5.73 Å². The number of hydrogen-bond donors (Lipinski definition) is 2. The van der Waals surface area contributed by atoms with E-state index in [-0.39, 0.29) is 4.90 Å². The molecular weight excluding hydrogens is 336 g/mol. The Bertz CT molecular complexity index is 492. The van der Waals surface area contributed by atoms with E-state index in [4.69, 9.17) is 5.73 Å². The maximum absolute atomic E-state index is 12.0. The summed E-state index contributed by atoms with van der Waals surface area (Å²) in [5, 5.41) is 0. The predicted molar refractivity (Wildman–Crippen MR) is 80.2 cm³/mol. The van der Waals surface area contributed by atoms with Gasteiger partial charge in [0.25, 0.3) is 0 Å². The monoisotopic (exact) mass is 352 g/mol. The largest absolute Gasteiger partial charge is 0.326 e. The standard InChI is InChI=1S/C11H17BrN2O2S2/c1-17-6-2-5-14-18(15,16)11-4-3-9(8-13)7-10(11)12/h3-4,7,14H,2,5-6,8,13H2,1H3. The van der Waals surface area contributed by atoms with Crippen molar-refractivity contribution in [1.29, 1.82) is 0 Å². The SMILES string of the molecule is CSCCCNS(=O)(=O)c1ccc(CN)cc1Br. The molecule has 0 unspecified atom stereocenters. The third kappa shape index (κ3) is 4.55. The molecule has 0 fully saturated rings. The minimum atomic E-state index is -3.44. The first-order valence-electron chi connectivity index (χ1n) is 5.48. The van der Waals surface area contributed by atoms with Crippen molar-refractivity contribution in [2.75, 3.05) is 18.6 Å². The summed E-state index contributed by atoms with van der Waals surface area (Å²) in [7, 11) is -3.44. The lowest BCUT2D eigenvalue weighted by molar-refractivity contribution is 0.580. The number of thioether (sulfide) groups is 1. The van der Waals surface area contributed by atoms with Crippen LogP contribution in [0.15, 0.2) is 27.6 Å². The molecule has 1 aromatic rings. The fourth-order valence-corrected chi connectivity index (χ4v) is 4.02. The maximum atomic E-state index is 12.0. The summed E-state index contributed by atoms with van der Waals surface area (Å²) in [6.07, 6.45) is 2.82. The zero-order valence-electron chi connectivity index (χ0n) is 10.1. The third-order valence-electron chi connectivity index (χ3n) is 2.34. The normalized spacial score (nSPS) is 11.7. The molecule has 18 heavy (non-hydrogen) atoms. The first-order chi connectivity index (χ1) is 8.51. The van der Waals surface area contributed by atoms with Gasteiger partial charge in [0.15, 0.2) is 0 Å². The Kier molecular flexibility index (Phi) is 6.65. The van der Waals surface area contributed by atoms with Crippen molar-refractivity contribution in [3.05, 3.63) is 28.2 Å². The summed E-state index contributed by atoms with van der Waals surface area (Å²) in [5.74, 6) is 0.940. The first kappa shape index (κ1) is 16.0. The molecule has 0 aromatic heterocycles. The highest BCUT2D eigenvalue weighted by atomic mass is 79.9. The van der Waals surface area contributed by atoms with Crippen LogP contribution in [0.3, 0.4) is 0 Å². The zero-order chi connectivity index (χ0) is 13.6. The molecule has 0 amide bonds. The highest BCUT2D eigenvalue weighted by molar-refractivity contribution is 9.10. The Balaban J connectivity index is 2.78. The third-order valence-corrected chi connectivity index (χ3v) is 5.47. The van der Waals surface area contributed by atoms with Crippen LogP contribution < -0.4 is 10.5 Å². The van der Waals surface area contributed by atoms with Crippen LogP contribution in [0.4, 0.5) is 0 Å². The second-order valence-corrected chi connectivity index (χ2v) is 7.29. The van der Waals surface area contributed by atoms with E-state index in [1.807, 2.05) is 6.26 Å². The van der Waals surface area contributed by atoms with Gasteiger partial charge in [-0.05, 0) is 52.1 Å². The van der Waals surface area contributed by atoms with Crippen molar-refractivity contribution < 1.29 is 8.42 Å². The van der Waals surface area contributed by atoms with Gasteiger partial charge in [-0.2, -0.15) is 11.8 Å². The van der Waals surface area contributed by atoms with Gasteiger partial charge in [0.1, 0.15) is 0 Å². The molecule has 1 rings (SSSR count). The molecule has 1 aromatic carbocycles. The molecule has 102 valence electrons. The fourth-order valence-electron chi connectivity index (χ4n) is 1.39. The van der Waals surface area contributed by atoms with Gasteiger partial charge in [-0.15, -0.1) is 0 Å². The quantitative estimate of drug-likeness (QED) is 0.735. The molecule has 0 aliphatic heterocycles. The molecule has 7 heteroatoms. The molecule has 4 nitrogen and oxygen atoms in total. The molecule has 0 saturated carbocycles. The van der Waals surface area contributed by atoms with E-state index >= 15 is 0 Å². The number of hydrogen-bond acceptors (Lipinski definition) is 4. The lowest BCUT2D eigenvalue weighted by Gasteiger charge is -2.09. The van der Waals surface area contributed by atoms with Crippen molar-refractivity contribution in [3.63, 3.8) is 0 Å². The van der Waals surface area contributed by atoms with Crippen LogP contribution >= 0.6 is 27.7 Å². The molecule has 0 radical (unpaired) electrons. The van der Waals surface area contributed by atoms with Gasteiger partial charge in [0.2, 0.25) is 10.0 Å². The Hall–Kier alpha value is -0.0800.